The Bertz CT molecular complexity index is 1500. The van der Waals surface area contributed by atoms with Crippen molar-refractivity contribution < 1.29 is 24.4 Å². The van der Waals surface area contributed by atoms with E-state index in [0.717, 1.165) is 22.3 Å². The van der Waals surface area contributed by atoms with Gasteiger partial charge in [-0.2, -0.15) is 0 Å². The summed E-state index contributed by atoms with van der Waals surface area (Å²) < 4.78 is 0. The number of carbonyl (C=O) groups excluding carboxylic acids is 3. The maximum absolute atomic E-state index is 13.9. The lowest BCUT2D eigenvalue weighted by Gasteiger charge is -2.44. The Hall–Kier alpha value is -4.37. The van der Waals surface area contributed by atoms with Gasteiger partial charge in [0.25, 0.3) is 5.69 Å². The van der Waals surface area contributed by atoms with Gasteiger partial charge in [-0.15, -0.1) is 0 Å². The van der Waals surface area contributed by atoms with Crippen LogP contribution in [-0.2, 0) is 14.4 Å². The van der Waals surface area contributed by atoms with Gasteiger partial charge >= 0.3 is 0 Å². The van der Waals surface area contributed by atoms with Crippen LogP contribution in [-0.4, -0.2) is 33.2 Å². The molecule has 3 aromatic carbocycles. The Morgan fingerprint density at radius 1 is 0.875 bits per heavy atom. The van der Waals surface area contributed by atoms with E-state index < -0.39 is 52.3 Å². The number of carbonyl (C=O) groups is 3. The van der Waals surface area contributed by atoms with E-state index in [2.05, 4.69) is 10.6 Å². The number of amides is 2. The lowest BCUT2D eigenvalue weighted by Crippen LogP contribution is -2.56. The van der Waals surface area contributed by atoms with Crippen molar-refractivity contribution in [3.8, 4) is 0 Å². The first-order valence-corrected chi connectivity index (χ1v) is 13.0. The van der Waals surface area contributed by atoms with Crippen molar-refractivity contribution in [3.05, 3.63) is 98.6 Å². The summed E-state index contributed by atoms with van der Waals surface area (Å²) in [5.41, 5.74) is 3.11. The fourth-order valence-corrected chi connectivity index (χ4v) is 5.64. The van der Waals surface area contributed by atoms with Crippen molar-refractivity contribution in [1.82, 2.24) is 0 Å². The van der Waals surface area contributed by atoms with Crippen LogP contribution in [0.1, 0.15) is 47.1 Å². The summed E-state index contributed by atoms with van der Waals surface area (Å²) in [5.74, 6) is -5.32. The highest BCUT2D eigenvalue weighted by atomic mass is 16.6. The minimum absolute atomic E-state index is 0.176. The predicted molar refractivity (Wildman–Crippen MR) is 152 cm³/mol. The molecule has 0 aromatic heterocycles. The van der Waals surface area contributed by atoms with Crippen LogP contribution in [0.15, 0.2) is 60.7 Å². The number of nitro benzene ring substituents is 1. The first-order valence-electron chi connectivity index (χ1n) is 13.0. The summed E-state index contributed by atoms with van der Waals surface area (Å²) in [6, 6.07) is 16.4. The van der Waals surface area contributed by atoms with E-state index in [1.54, 1.807) is 12.1 Å². The fourth-order valence-electron chi connectivity index (χ4n) is 5.64. The number of non-ortho nitro benzene ring substituents is 1. The highest BCUT2D eigenvalue weighted by Crippen LogP contribution is 2.47. The topological polar surface area (TPSA) is 139 Å². The first kappa shape index (κ1) is 28.6. The molecule has 9 nitrogen and oxygen atoms in total. The van der Waals surface area contributed by atoms with Crippen molar-refractivity contribution in [2.24, 2.45) is 11.8 Å². The largest absolute Gasteiger partial charge is 0.389 e. The molecule has 0 heterocycles. The van der Waals surface area contributed by atoms with Gasteiger partial charge in [0.1, 0.15) is 11.7 Å². The second kappa shape index (κ2) is 11.0. The van der Waals surface area contributed by atoms with E-state index >= 15 is 0 Å². The van der Waals surface area contributed by atoms with Crippen LogP contribution in [0.25, 0.3) is 0 Å². The third-order valence-electron chi connectivity index (χ3n) is 7.60. The summed E-state index contributed by atoms with van der Waals surface area (Å²) in [7, 11) is 0. The van der Waals surface area contributed by atoms with Crippen LogP contribution in [0.4, 0.5) is 17.1 Å². The van der Waals surface area contributed by atoms with Crippen molar-refractivity contribution in [2.45, 2.75) is 52.6 Å². The normalized spacial score (nSPS) is 22.4. The molecule has 3 N–H and O–H groups in total. The summed E-state index contributed by atoms with van der Waals surface area (Å²) in [6.07, 6.45) is -0.410. The van der Waals surface area contributed by atoms with Crippen LogP contribution < -0.4 is 10.6 Å². The standard InChI is InChI=1S/C31H33N3O6/c1-17-6-12-23(19(3)14-17)32-29(36)27-25(35)16-31(5,38)28(26(27)21-8-10-22(11-9-21)34(39)40)30(37)33-24-13-7-18(2)15-20(24)4/h6-15,26-28,38H,16H2,1-5H3,(H,32,36)(H,33,37)/t26-,27-,28+,31-/m0/s1. The first-order chi connectivity index (χ1) is 18.8. The van der Waals surface area contributed by atoms with E-state index in [0.29, 0.717) is 16.9 Å². The number of aliphatic hydroxyl groups is 1. The lowest BCUT2D eigenvalue weighted by molar-refractivity contribution is -0.384. The maximum atomic E-state index is 13.9. The van der Waals surface area contributed by atoms with Gasteiger partial charge in [0.2, 0.25) is 11.8 Å². The molecule has 1 saturated carbocycles. The number of nitro groups is 1. The highest BCUT2D eigenvalue weighted by molar-refractivity contribution is 6.10. The molecule has 208 valence electrons. The smallest absolute Gasteiger partial charge is 0.269 e. The molecular formula is C31H33N3O6. The highest BCUT2D eigenvalue weighted by Gasteiger charge is 2.56. The third-order valence-corrected chi connectivity index (χ3v) is 7.60. The fraction of sp³-hybridized carbons (Fsp3) is 0.323. The molecule has 1 aliphatic rings. The Morgan fingerprint density at radius 2 is 1.38 bits per heavy atom. The van der Waals surface area contributed by atoms with Crippen molar-refractivity contribution in [2.75, 3.05) is 10.6 Å². The molecule has 40 heavy (non-hydrogen) atoms. The molecule has 0 unspecified atom stereocenters. The molecule has 0 saturated heterocycles. The van der Waals surface area contributed by atoms with Crippen LogP contribution in [0.5, 0.6) is 0 Å². The number of anilines is 2. The number of benzene rings is 3. The average molecular weight is 544 g/mol. The Balaban J connectivity index is 1.80. The van der Waals surface area contributed by atoms with Crippen LogP contribution in [0.2, 0.25) is 0 Å². The molecule has 0 spiro atoms. The molecule has 2 amide bonds. The van der Waals surface area contributed by atoms with Crippen LogP contribution in [0.3, 0.4) is 0 Å². The SMILES string of the molecule is Cc1ccc(NC(=O)[C@H]2C(=O)C[C@](C)(O)[C@@H](C(=O)Nc3ccc(C)cc3C)[C@H]2c2ccc([N+](=O)[O-])cc2)c(C)c1. The molecule has 9 heteroatoms. The van der Waals surface area contributed by atoms with E-state index in [9.17, 15) is 29.6 Å². The maximum Gasteiger partial charge on any atom is 0.269 e. The van der Waals surface area contributed by atoms with Gasteiger partial charge in [-0.3, -0.25) is 24.5 Å². The Kier molecular flexibility index (Phi) is 7.88. The van der Waals surface area contributed by atoms with Gasteiger partial charge in [0.05, 0.1) is 16.4 Å². The monoisotopic (exact) mass is 543 g/mol. The van der Waals surface area contributed by atoms with E-state index in [1.807, 2.05) is 52.0 Å². The molecule has 1 aliphatic carbocycles. The number of ketones is 1. The van der Waals surface area contributed by atoms with E-state index in [4.69, 9.17) is 0 Å². The number of aryl methyl sites for hydroxylation is 4. The van der Waals surface area contributed by atoms with Gasteiger partial charge in [-0.05, 0) is 63.4 Å². The van der Waals surface area contributed by atoms with Gasteiger partial charge in [0, 0.05) is 35.8 Å². The van der Waals surface area contributed by atoms with Gasteiger partial charge in [-0.1, -0.05) is 47.5 Å². The molecular weight excluding hydrogens is 510 g/mol. The molecule has 0 bridgehead atoms. The van der Waals surface area contributed by atoms with Crippen LogP contribution >= 0.6 is 0 Å². The molecule has 4 rings (SSSR count). The average Bonchev–Trinajstić information content (AvgIpc) is 2.86. The van der Waals surface area contributed by atoms with Crippen molar-refractivity contribution >= 4 is 34.7 Å². The van der Waals surface area contributed by atoms with Gasteiger partial charge < -0.3 is 15.7 Å². The van der Waals surface area contributed by atoms with E-state index in [1.165, 1.54) is 31.2 Å². The minimum atomic E-state index is -1.79. The molecule has 1 fully saturated rings. The zero-order chi connectivity index (χ0) is 29.4. The number of hydrogen-bond donors (Lipinski definition) is 3. The quantitative estimate of drug-likeness (QED) is 0.223. The number of nitrogens with zero attached hydrogens (tertiary/aromatic N) is 1. The van der Waals surface area contributed by atoms with Crippen molar-refractivity contribution in [1.29, 1.82) is 0 Å². The van der Waals surface area contributed by atoms with E-state index in [-0.39, 0.29) is 5.69 Å². The summed E-state index contributed by atoms with van der Waals surface area (Å²) in [5, 5.41) is 28.5. The molecule has 4 atom stereocenters. The number of hydrogen-bond acceptors (Lipinski definition) is 6. The molecule has 0 aliphatic heterocycles. The zero-order valence-corrected chi connectivity index (χ0v) is 23.1. The zero-order valence-electron chi connectivity index (χ0n) is 23.1. The summed E-state index contributed by atoms with van der Waals surface area (Å²) in [6.45, 7) is 8.95. The third kappa shape index (κ3) is 5.79. The minimum Gasteiger partial charge on any atom is -0.389 e. The van der Waals surface area contributed by atoms with Crippen molar-refractivity contribution in [3.63, 3.8) is 0 Å². The number of nitrogens with one attached hydrogen (secondary N) is 2. The lowest BCUT2D eigenvalue weighted by atomic mass is 9.61. The van der Waals surface area contributed by atoms with Gasteiger partial charge in [0.15, 0.2) is 0 Å². The molecule has 3 aromatic rings. The van der Waals surface area contributed by atoms with Gasteiger partial charge in [-0.25, -0.2) is 0 Å². The Labute approximate surface area is 232 Å². The molecule has 0 radical (unpaired) electrons. The Morgan fingerprint density at radius 3 is 1.85 bits per heavy atom. The summed E-state index contributed by atoms with van der Waals surface area (Å²) in [4.78, 5) is 51.9. The second-order valence-corrected chi connectivity index (χ2v) is 10.9. The number of rotatable bonds is 6. The number of Topliss-reactive ketones (excluding diaryl/α,β-unsaturated/α-hetero) is 1. The second-order valence-electron chi connectivity index (χ2n) is 10.9. The van der Waals surface area contributed by atoms with Crippen LogP contribution in [0, 0.1) is 49.6 Å². The summed E-state index contributed by atoms with van der Waals surface area (Å²) >= 11 is 0. The predicted octanol–water partition coefficient (Wildman–Crippen LogP) is 5.15.